The van der Waals surface area contributed by atoms with E-state index >= 15 is 0 Å². The lowest BCUT2D eigenvalue weighted by Gasteiger charge is -2.10. The molecule has 3 N–H and O–H groups in total. The summed E-state index contributed by atoms with van der Waals surface area (Å²) in [5, 5.41) is 11.6. The van der Waals surface area contributed by atoms with E-state index in [4.69, 9.17) is 15.7 Å². The number of nitriles is 1. The van der Waals surface area contributed by atoms with E-state index in [-0.39, 0.29) is 12.3 Å². The Bertz CT molecular complexity index is 705. The summed E-state index contributed by atoms with van der Waals surface area (Å²) in [4.78, 5) is 12.0. The van der Waals surface area contributed by atoms with E-state index in [9.17, 15) is 4.79 Å². The van der Waals surface area contributed by atoms with Gasteiger partial charge in [-0.15, -0.1) is 0 Å². The van der Waals surface area contributed by atoms with Crippen LogP contribution in [-0.4, -0.2) is 13.0 Å². The Hall–Kier alpha value is -3.00. The van der Waals surface area contributed by atoms with Crippen LogP contribution in [0.2, 0.25) is 0 Å². The fraction of sp³-hybridized carbons (Fsp3) is 0.125. The lowest BCUT2D eigenvalue weighted by molar-refractivity contribution is -0.115. The third kappa shape index (κ3) is 3.74. The summed E-state index contributed by atoms with van der Waals surface area (Å²) in [5.41, 5.74) is 8.14. The molecule has 0 saturated heterocycles. The van der Waals surface area contributed by atoms with Crippen molar-refractivity contribution in [3.05, 3.63) is 53.6 Å². The molecule has 0 aromatic heterocycles. The van der Waals surface area contributed by atoms with Crippen LogP contribution in [0.25, 0.3) is 0 Å². The molecule has 0 bridgehead atoms. The predicted octanol–water partition coefficient (Wildman–Crippen LogP) is 2.33. The van der Waals surface area contributed by atoms with Crippen molar-refractivity contribution in [2.45, 2.75) is 6.42 Å². The van der Waals surface area contributed by atoms with Crippen LogP contribution < -0.4 is 15.8 Å². The number of methoxy groups -OCH3 is 1. The minimum Gasteiger partial charge on any atom is -0.495 e. The average molecular weight is 281 g/mol. The third-order valence-corrected chi connectivity index (χ3v) is 2.92. The zero-order chi connectivity index (χ0) is 15.2. The molecule has 5 nitrogen and oxygen atoms in total. The summed E-state index contributed by atoms with van der Waals surface area (Å²) in [6.45, 7) is 0. The van der Waals surface area contributed by atoms with E-state index < -0.39 is 0 Å². The van der Waals surface area contributed by atoms with E-state index in [0.717, 1.165) is 5.56 Å². The molecule has 0 saturated carbocycles. The molecule has 1 amide bonds. The SMILES string of the molecule is COc1cc(C#N)ccc1NC(=O)Cc1cccc(N)c1. The number of rotatable bonds is 4. The highest BCUT2D eigenvalue weighted by atomic mass is 16.5. The van der Waals surface area contributed by atoms with Crippen molar-refractivity contribution in [3.63, 3.8) is 0 Å². The molecule has 0 aliphatic rings. The maximum absolute atomic E-state index is 12.0. The van der Waals surface area contributed by atoms with Crippen molar-refractivity contribution in [2.75, 3.05) is 18.2 Å². The Kier molecular flexibility index (Phi) is 4.42. The zero-order valence-corrected chi connectivity index (χ0v) is 11.6. The lowest BCUT2D eigenvalue weighted by atomic mass is 10.1. The van der Waals surface area contributed by atoms with Crippen LogP contribution in [0, 0.1) is 11.3 Å². The molecule has 106 valence electrons. The van der Waals surface area contributed by atoms with Gasteiger partial charge >= 0.3 is 0 Å². The van der Waals surface area contributed by atoms with Crippen LogP contribution in [-0.2, 0) is 11.2 Å². The smallest absolute Gasteiger partial charge is 0.228 e. The molecule has 0 atom stereocenters. The number of hydrogen-bond donors (Lipinski definition) is 2. The van der Waals surface area contributed by atoms with Crippen molar-refractivity contribution in [3.8, 4) is 11.8 Å². The van der Waals surface area contributed by atoms with Crippen molar-refractivity contribution < 1.29 is 9.53 Å². The molecule has 0 aliphatic heterocycles. The van der Waals surface area contributed by atoms with Crippen molar-refractivity contribution >= 4 is 17.3 Å². The van der Waals surface area contributed by atoms with E-state index in [1.54, 1.807) is 36.4 Å². The van der Waals surface area contributed by atoms with Gasteiger partial charge in [-0.05, 0) is 29.8 Å². The van der Waals surface area contributed by atoms with Gasteiger partial charge in [0.15, 0.2) is 0 Å². The molecule has 2 aromatic carbocycles. The Labute approximate surface area is 123 Å². The number of carbonyl (C=O) groups excluding carboxylic acids is 1. The summed E-state index contributed by atoms with van der Waals surface area (Å²) in [7, 11) is 1.49. The number of hydrogen-bond acceptors (Lipinski definition) is 4. The molecule has 0 aliphatic carbocycles. The Morgan fingerprint density at radius 1 is 1.33 bits per heavy atom. The van der Waals surface area contributed by atoms with Crippen molar-refractivity contribution in [2.24, 2.45) is 0 Å². The second kappa shape index (κ2) is 6.44. The largest absolute Gasteiger partial charge is 0.495 e. The Balaban J connectivity index is 2.11. The fourth-order valence-electron chi connectivity index (χ4n) is 1.95. The second-order valence-corrected chi connectivity index (χ2v) is 4.50. The quantitative estimate of drug-likeness (QED) is 0.842. The number of nitrogens with zero attached hydrogens (tertiary/aromatic N) is 1. The lowest BCUT2D eigenvalue weighted by Crippen LogP contribution is -2.15. The summed E-state index contributed by atoms with van der Waals surface area (Å²) in [6, 6.07) is 14.0. The van der Waals surface area contributed by atoms with Crippen LogP contribution in [0.3, 0.4) is 0 Å². The topological polar surface area (TPSA) is 88.1 Å². The van der Waals surface area contributed by atoms with E-state index in [0.29, 0.717) is 22.7 Å². The number of benzene rings is 2. The number of nitrogens with two attached hydrogens (primary N) is 1. The maximum atomic E-state index is 12.0. The maximum Gasteiger partial charge on any atom is 0.228 e. The molecule has 2 rings (SSSR count). The molecule has 0 fully saturated rings. The fourth-order valence-corrected chi connectivity index (χ4v) is 1.95. The van der Waals surface area contributed by atoms with Crippen LogP contribution in [0.15, 0.2) is 42.5 Å². The van der Waals surface area contributed by atoms with Gasteiger partial charge in [0.1, 0.15) is 5.75 Å². The third-order valence-electron chi connectivity index (χ3n) is 2.92. The van der Waals surface area contributed by atoms with Gasteiger partial charge in [0.2, 0.25) is 5.91 Å². The van der Waals surface area contributed by atoms with Gasteiger partial charge in [0.05, 0.1) is 30.9 Å². The van der Waals surface area contributed by atoms with Gasteiger partial charge in [-0.1, -0.05) is 12.1 Å². The number of nitrogens with one attached hydrogen (secondary N) is 1. The number of ether oxygens (including phenoxy) is 1. The van der Waals surface area contributed by atoms with E-state index in [1.165, 1.54) is 7.11 Å². The average Bonchev–Trinajstić information content (AvgIpc) is 2.47. The van der Waals surface area contributed by atoms with Crippen LogP contribution in [0.1, 0.15) is 11.1 Å². The first-order valence-electron chi connectivity index (χ1n) is 6.35. The van der Waals surface area contributed by atoms with Gasteiger partial charge in [-0.2, -0.15) is 5.26 Å². The molecule has 0 spiro atoms. The molecule has 5 heteroatoms. The number of carbonyl (C=O) groups is 1. The van der Waals surface area contributed by atoms with Gasteiger partial charge in [0.25, 0.3) is 0 Å². The second-order valence-electron chi connectivity index (χ2n) is 4.50. The van der Waals surface area contributed by atoms with Gasteiger partial charge < -0.3 is 15.8 Å². The highest BCUT2D eigenvalue weighted by molar-refractivity contribution is 5.93. The van der Waals surface area contributed by atoms with Crippen LogP contribution in [0.4, 0.5) is 11.4 Å². The molecule has 0 heterocycles. The Morgan fingerprint density at radius 3 is 2.81 bits per heavy atom. The van der Waals surface area contributed by atoms with Gasteiger partial charge in [-0.25, -0.2) is 0 Å². The van der Waals surface area contributed by atoms with Crippen molar-refractivity contribution in [1.29, 1.82) is 5.26 Å². The van der Waals surface area contributed by atoms with Crippen LogP contribution in [0.5, 0.6) is 5.75 Å². The molecule has 21 heavy (non-hydrogen) atoms. The minimum atomic E-state index is -0.177. The number of nitrogen functional groups attached to an aromatic ring is 1. The van der Waals surface area contributed by atoms with E-state index in [1.807, 2.05) is 12.1 Å². The first kappa shape index (κ1) is 14.4. The first-order chi connectivity index (χ1) is 10.1. The zero-order valence-electron chi connectivity index (χ0n) is 11.6. The van der Waals surface area contributed by atoms with Gasteiger partial charge in [-0.3, -0.25) is 4.79 Å². The predicted molar refractivity (Wildman–Crippen MR) is 80.9 cm³/mol. The first-order valence-corrected chi connectivity index (χ1v) is 6.35. The summed E-state index contributed by atoms with van der Waals surface area (Å²) in [6.07, 6.45) is 0.216. The van der Waals surface area contributed by atoms with E-state index in [2.05, 4.69) is 5.32 Å². The Morgan fingerprint density at radius 2 is 2.14 bits per heavy atom. The molecule has 2 aromatic rings. The van der Waals surface area contributed by atoms with Crippen molar-refractivity contribution in [1.82, 2.24) is 0 Å². The number of amides is 1. The molecule has 0 radical (unpaired) electrons. The summed E-state index contributed by atoms with van der Waals surface area (Å²) < 4.78 is 5.17. The summed E-state index contributed by atoms with van der Waals surface area (Å²) >= 11 is 0. The number of anilines is 2. The monoisotopic (exact) mass is 281 g/mol. The summed E-state index contributed by atoms with van der Waals surface area (Å²) in [5.74, 6) is 0.276. The van der Waals surface area contributed by atoms with Gasteiger partial charge in [0, 0.05) is 11.8 Å². The standard InChI is InChI=1S/C16H15N3O2/c1-21-15-8-12(10-17)5-6-14(15)19-16(20)9-11-3-2-4-13(18)7-11/h2-8H,9,18H2,1H3,(H,19,20). The minimum absolute atomic E-state index is 0.177. The molecular formula is C16H15N3O2. The highest BCUT2D eigenvalue weighted by Crippen LogP contribution is 2.25. The molecule has 0 unspecified atom stereocenters. The molecular weight excluding hydrogens is 266 g/mol. The normalized spacial score (nSPS) is 9.71. The highest BCUT2D eigenvalue weighted by Gasteiger charge is 2.09. The van der Waals surface area contributed by atoms with Crippen LogP contribution >= 0.6 is 0 Å².